The van der Waals surface area contributed by atoms with E-state index in [1.54, 1.807) is 0 Å². The third kappa shape index (κ3) is 5.18. The third-order valence-electron chi connectivity index (χ3n) is 3.23. The predicted molar refractivity (Wildman–Crippen MR) is 86.4 cm³/mol. The van der Waals surface area contributed by atoms with E-state index < -0.39 is 0 Å². The molecule has 0 aliphatic rings. The van der Waals surface area contributed by atoms with Gasteiger partial charge in [0.1, 0.15) is 0 Å². The summed E-state index contributed by atoms with van der Waals surface area (Å²) < 4.78 is 0. The first-order valence-corrected chi connectivity index (χ1v) is 7.07. The highest BCUT2D eigenvalue weighted by Crippen LogP contribution is 2.09. The largest absolute Gasteiger partial charge is 0.373 e. The summed E-state index contributed by atoms with van der Waals surface area (Å²) >= 11 is 0. The second-order valence-electron chi connectivity index (χ2n) is 4.85. The van der Waals surface area contributed by atoms with Crippen LogP contribution in [-0.2, 0) is 6.54 Å². The number of nitrogens with one attached hydrogen (secondary N) is 2. The first-order chi connectivity index (χ1) is 10.3. The molecule has 0 heterocycles. The van der Waals surface area contributed by atoms with Crippen LogP contribution in [0, 0.1) is 0 Å². The average Bonchev–Trinajstić information content (AvgIpc) is 2.54. The summed E-state index contributed by atoms with van der Waals surface area (Å²) in [4.78, 5) is 13.8. The zero-order valence-corrected chi connectivity index (χ0v) is 12.3. The number of para-hydroxylation sites is 1. The van der Waals surface area contributed by atoms with Crippen molar-refractivity contribution >= 4 is 11.7 Å². The molecular weight excluding hydrogens is 262 g/mol. The molecule has 0 saturated heterocycles. The van der Waals surface area contributed by atoms with Crippen LogP contribution >= 0.6 is 0 Å². The highest BCUT2D eigenvalue weighted by Gasteiger charge is 2.02. The lowest BCUT2D eigenvalue weighted by Crippen LogP contribution is -2.39. The second kappa shape index (κ2) is 7.94. The van der Waals surface area contributed by atoms with E-state index >= 15 is 0 Å². The van der Waals surface area contributed by atoms with Crippen molar-refractivity contribution in [2.45, 2.75) is 6.54 Å². The lowest BCUT2D eigenvalue weighted by molar-refractivity contribution is 0.241. The number of urea groups is 1. The molecule has 4 nitrogen and oxygen atoms in total. The Morgan fingerprint density at radius 1 is 0.952 bits per heavy atom. The average molecular weight is 283 g/mol. The van der Waals surface area contributed by atoms with Gasteiger partial charge in [0.2, 0.25) is 0 Å². The van der Waals surface area contributed by atoms with Crippen molar-refractivity contribution in [3.63, 3.8) is 0 Å². The number of rotatable bonds is 6. The fourth-order valence-corrected chi connectivity index (χ4v) is 1.99. The number of nitrogens with zero attached hydrogens (tertiary/aromatic N) is 1. The summed E-state index contributed by atoms with van der Waals surface area (Å²) in [6.45, 7) is 1.91. The van der Waals surface area contributed by atoms with Gasteiger partial charge in [-0.2, -0.15) is 0 Å². The van der Waals surface area contributed by atoms with E-state index in [1.807, 2.05) is 55.6 Å². The maximum absolute atomic E-state index is 11.7. The highest BCUT2D eigenvalue weighted by atomic mass is 16.2. The monoisotopic (exact) mass is 283 g/mol. The Labute approximate surface area is 125 Å². The van der Waals surface area contributed by atoms with Crippen molar-refractivity contribution in [2.75, 3.05) is 25.0 Å². The zero-order chi connectivity index (χ0) is 14.9. The molecule has 0 bridgehead atoms. The van der Waals surface area contributed by atoms with Gasteiger partial charge in [0.05, 0.1) is 0 Å². The molecule has 0 saturated carbocycles. The maximum atomic E-state index is 11.7. The van der Waals surface area contributed by atoms with E-state index in [2.05, 4.69) is 27.7 Å². The van der Waals surface area contributed by atoms with Crippen LogP contribution in [0.2, 0.25) is 0 Å². The van der Waals surface area contributed by atoms with Crippen LogP contribution in [0.4, 0.5) is 10.5 Å². The number of anilines is 1. The number of carbonyl (C=O) groups is 1. The molecule has 110 valence electrons. The summed E-state index contributed by atoms with van der Waals surface area (Å²) in [6, 6.07) is 19.8. The molecule has 2 aromatic carbocycles. The van der Waals surface area contributed by atoms with Crippen molar-refractivity contribution in [2.24, 2.45) is 0 Å². The summed E-state index contributed by atoms with van der Waals surface area (Å²) in [7, 11) is 2.01. The third-order valence-corrected chi connectivity index (χ3v) is 3.23. The molecule has 0 aromatic heterocycles. The SMILES string of the molecule is CN(CCNC(=O)NCc1ccccc1)c1ccccc1. The number of hydrogen-bond donors (Lipinski definition) is 2. The quantitative estimate of drug-likeness (QED) is 0.856. The van der Waals surface area contributed by atoms with Gasteiger partial charge in [0.25, 0.3) is 0 Å². The van der Waals surface area contributed by atoms with Crippen LogP contribution in [0.25, 0.3) is 0 Å². The van der Waals surface area contributed by atoms with Gasteiger partial charge in [-0.05, 0) is 17.7 Å². The normalized spacial score (nSPS) is 9.95. The smallest absolute Gasteiger partial charge is 0.315 e. The Kier molecular flexibility index (Phi) is 5.64. The predicted octanol–water partition coefficient (Wildman–Crippen LogP) is 2.62. The van der Waals surface area contributed by atoms with E-state index in [0.29, 0.717) is 13.1 Å². The fourth-order valence-electron chi connectivity index (χ4n) is 1.99. The molecule has 2 N–H and O–H groups in total. The van der Waals surface area contributed by atoms with E-state index in [1.165, 1.54) is 0 Å². The number of benzene rings is 2. The van der Waals surface area contributed by atoms with Crippen LogP contribution in [0.1, 0.15) is 5.56 Å². The van der Waals surface area contributed by atoms with Crippen LogP contribution in [0.3, 0.4) is 0 Å². The molecule has 2 amide bonds. The Balaban J connectivity index is 1.65. The Morgan fingerprint density at radius 3 is 2.24 bits per heavy atom. The Hall–Kier alpha value is -2.49. The minimum Gasteiger partial charge on any atom is -0.373 e. The molecule has 0 radical (unpaired) electrons. The molecule has 0 aliphatic heterocycles. The molecule has 0 atom stereocenters. The van der Waals surface area contributed by atoms with Crippen LogP contribution in [0.15, 0.2) is 60.7 Å². The summed E-state index contributed by atoms with van der Waals surface area (Å²) in [5.74, 6) is 0. The van der Waals surface area contributed by atoms with E-state index in [4.69, 9.17) is 0 Å². The molecule has 0 aliphatic carbocycles. The van der Waals surface area contributed by atoms with Gasteiger partial charge in [-0.15, -0.1) is 0 Å². The Bertz CT molecular complexity index is 542. The van der Waals surface area contributed by atoms with E-state index in [-0.39, 0.29) is 6.03 Å². The fraction of sp³-hybridized carbons (Fsp3) is 0.235. The van der Waals surface area contributed by atoms with Crippen molar-refractivity contribution in [3.8, 4) is 0 Å². The van der Waals surface area contributed by atoms with Gasteiger partial charge < -0.3 is 15.5 Å². The lowest BCUT2D eigenvalue weighted by atomic mass is 10.2. The molecule has 0 unspecified atom stereocenters. The van der Waals surface area contributed by atoms with Crippen molar-refractivity contribution < 1.29 is 4.79 Å². The van der Waals surface area contributed by atoms with Gasteiger partial charge in [-0.1, -0.05) is 48.5 Å². The zero-order valence-electron chi connectivity index (χ0n) is 12.3. The number of likely N-dealkylation sites (N-methyl/N-ethyl adjacent to an activating group) is 1. The molecule has 2 rings (SSSR count). The van der Waals surface area contributed by atoms with E-state index in [9.17, 15) is 4.79 Å². The number of carbonyl (C=O) groups excluding carboxylic acids is 1. The minimum atomic E-state index is -0.139. The molecule has 0 fully saturated rings. The molecule has 4 heteroatoms. The minimum absolute atomic E-state index is 0.139. The first kappa shape index (κ1) is 14.9. The molecule has 2 aromatic rings. The van der Waals surface area contributed by atoms with Crippen molar-refractivity contribution in [1.29, 1.82) is 0 Å². The van der Waals surface area contributed by atoms with Gasteiger partial charge in [-0.3, -0.25) is 0 Å². The number of hydrogen-bond acceptors (Lipinski definition) is 2. The molecular formula is C17H21N3O. The molecule has 21 heavy (non-hydrogen) atoms. The van der Waals surface area contributed by atoms with Gasteiger partial charge in [-0.25, -0.2) is 4.79 Å². The van der Waals surface area contributed by atoms with E-state index in [0.717, 1.165) is 17.8 Å². The first-order valence-electron chi connectivity index (χ1n) is 7.07. The topological polar surface area (TPSA) is 44.4 Å². The van der Waals surface area contributed by atoms with Crippen LogP contribution in [0.5, 0.6) is 0 Å². The van der Waals surface area contributed by atoms with Gasteiger partial charge in [0, 0.05) is 32.4 Å². The lowest BCUT2D eigenvalue weighted by Gasteiger charge is -2.19. The van der Waals surface area contributed by atoms with Gasteiger partial charge >= 0.3 is 6.03 Å². The number of amides is 2. The summed E-state index contributed by atoms with van der Waals surface area (Å²) in [6.07, 6.45) is 0. The summed E-state index contributed by atoms with van der Waals surface area (Å²) in [5.41, 5.74) is 2.23. The summed E-state index contributed by atoms with van der Waals surface area (Å²) in [5, 5.41) is 5.71. The second-order valence-corrected chi connectivity index (χ2v) is 4.85. The Morgan fingerprint density at radius 2 is 1.57 bits per heavy atom. The van der Waals surface area contributed by atoms with Crippen LogP contribution in [-0.4, -0.2) is 26.2 Å². The maximum Gasteiger partial charge on any atom is 0.315 e. The standard InChI is InChI=1S/C17H21N3O/c1-20(16-10-6-3-7-11-16)13-12-18-17(21)19-14-15-8-4-2-5-9-15/h2-11H,12-14H2,1H3,(H2,18,19,21). The highest BCUT2D eigenvalue weighted by molar-refractivity contribution is 5.73. The van der Waals surface area contributed by atoms with Crippen molar-refractivity contribution in [3.05, 3.63) is 66.2 Å². The van der Waals surface area contributed by atoms with Gasteiger partial charge in [0.15, 0.2) is 0 Å². The van der Waals surface area contributed by atoms with Crippen molar-refractivity contribution in [1.82, 2.24) is 10.6 Å². The molecule has 0 spiro atoms. The van der Waals surface area contributed by atoms with Crippen LogP contribution < -0.4 is 15.5 Å².